The maximum absolute atomic E-state index is 11.7. The number of rotatable bonds is 0. The van der Waals surface area contributed by atoms with E-state index in [0.29, 0.717) is 5.78 Å². The molecular formula is C19H44O3S. The van der Waals surface area contributed by atoms with Gasteiger partial charge in [0.15, 0.2) is 9.84 Å². The maximum Gasteiger partial charge on any atom is 0.160 e. The minimum absolute atomic E-state index is 0. The van der Waals surface area contributed by atoms with Crippen molar-refractivity contribution in [3.8, 4) is 0 Å². The van der Waals surface area contributed by atoms with Crippen LogP contribution in [0.5, 0.6) is 0 Å². The standard InChI is InChI=1S/C9H18O.C8H18O2S.2CH4/c1-8(2,3)7(10)9(4,5)6;1-7(2,3)11(9,10)8(4,5)6;;/h1-6H3;1-6H3;2*1H4. The van der Waals surface area contributed by atoms with Crippen LogP contribution in [0.4, 0.5) is 0 Å². The Balaban J connectivity index is -0.000000145. The summed E-state index contributed by atoms with van der Waals surface area (Å²) in [5.41, 5.74) is -0.392. The Bertz CT molecular complexity index is 409. The van der Waals surface area contributed by atoms with Crippen LogP contribution in [0.3, 0.4) is 0 Å². The molecule has 0 atom stereocenters. The van der Waals surface area contributed by atoms with Crippen LogP contribution in [-0.2, 0) is 14.6 Å². The summed E-state index contributed by atoms with van der Waals surface area (Å²) in [4.78, 5) is 11.5. The van der Waals surface area contributed by atoms with Crippen LogP contribution in [0.2, 0.25) is 0 Å². The van der Waals surface area contributed by atoms with E-state index < -0.39 is 19.3 Å². The normalized spacial score (nSPS) is 13.0. The summed E-state index contributed by atoms with van der Waals surface area (Å²) in [6.07, 6.45) is 0. The Morgan fingerprint density at radius 1 is 0.565 bits per heavy atom. The van der Waals surface area contributed by atoms with E-state index >= 15 is 0 Å². The first-order valence-corrected chi connectivity index (χ1v) is 8.93. The molecule has 0 unspecified atom stereocenters. The van der Waals surface area contributed by atoms with Gasteiger partial charge in [-0.1, -0.05) is 56.4 Å². The maximum atomic E-state index is 11.7. The highest BCUT2D eigenvalue weighted by molar-refractivity contribution is 7.94. The molecule has 0 aliphatic carbocycles. The predicted octanol–water partition coefficient (Wildman–Crippen LogP) is 5.92. The molecule has 0 amide bonds. The van der Waals surface area contributed by atoms with Gasteiger partial charge in [0.25, 0.3) is 0 Å². The van der Waals surface area contributed by atoms with Gasteiger partial charge in [-0.2, -0.15) is 0 Å². The molecule has 0 rings (SSSR count). The fourth-order valence-corrected chi connectivity index (χ4v) is 3.88. The summed E-state index contributed by atoms with van der Waals surface area (Å²) in [5.74, 6) is 0.319. The number of hydrogen-bond acceptors (Lipinski definition) is 3. The first kappa shape index (κ1) is 30.5. The van der Waals surface area contributed by atoms with Crippen molar-refractivity contribution < 1.29 is 13.2 Å². The van der Waals surface area contributed by atoms with Crippen LogP contribution in [0.15, 0.2) is 0 Å². The zero-order valence-corrected chi connectivity index (χ0v) is 16.9. The fraction of sp³-hybridized carbons (Fsp3) is 0.947. The molecule has 0 aliphatic rings. The molecule has 23 heavy (non-hydrogen) atoms. The second-order valence-electron chi connectivity index (χ2n) is 9.56. The highest BCUT2D eigenvalue weighted by atomic mass is 32.2. The molecule has 0 spiro atoms. The topological polar surface area (TPSA) is 51.2 Å². The number of sulfone groups is 1. The third-order valence-corrected chi connectivity index (χ3v) is 6.20. The Kier molecular flexibility index (Phi) is 11.5. The average Bonchev–Trinajstić information content (AvgIpc) is 2.11. The molecule has 0 aromatic rings. The van der Waals surface area contributed by atoms with E-state index in [1.807, 2.05) is 41.5 Å². The van der Waals surface area contributed by atoms with Gasteiger partial charge in [-0.05, 0) is 41.5 Å². The first-order chi connectivity index (χ1) is 8.65. The van der Waals surface area contributed by atoms with Crippen molar-refractivity contribution in [2.75, 3.05) is 0 Å². The van der Waals surface area contributed by atoms with E-state index in [-0.39, 0.29) is 25.7 Å². The molecule has 0 saturated carbocycles. The van der Waals surface area contributed by atoms with Crippen LogP contribution in [-0.4, -0.2) is 23.7 Å². The lowest BCUT2D eigenvalue weighted by Gasteiger charge is -2.29. The summed E-state index contributed by atoms with van der Waals surface area (Å²) < 4.78 is 22.1. The highest BCUT2D eigenvalue weighted by Crippen LogP contribution is 2.28. The van der Waals surface area contributed by atoms with Crippen molar-refractivity contribution in [1.29, 1.82) is 0 Å². The zero-order chi connectivity index (χ0) is 18.1. The zero-order valence-electron chi connectivity index (χ0n) is 16.1. The van der Waals surface area contributed by atoms with Crippen LogP contribution in [0, 0.1) is 10.8 Å². The van der Waals surface area contributed by atoms with Gasteiger partial charge in [-0.15, -0.1) is 0 Å². The Morgan fingerprint density at radius 2 is 0.739 bits per heavy atom. The molecule has 144 valence electrons. The highest BCUT2D eigenvalue weighted by Gasteiger charge is 2.39. The summed E-state index contributed by atoms with van der Waals surface area (Å²) in [6.45, 7) is 22.1. The third kappa shape index (κ3) is 9.49. The second-order valence-corrected chi connectivity index (χ2v) is 13.0. The predicted molar refractivity (Wildman–Crippen MR) is 106 cm³/mol. The van der Waals surface area contributed by atoms with Gasteiger partial charge >= 0.3 is 0 Å². The van der Waals surface area contributed by atoms with Gasteiger partial charge in [-0.25, -0.2) is 8.42 Å². The van der Waals surface area contributed by atoms with Gasteiger partial charge in [0.05, 0.1) is 9.49 Å². The van der Waals surface area contributed by atoms with Gasteiger partial charge in [0.2, 0.25) is 0 Å². The van der Waals surface area contributed by atoms with Crippen LogP contribution < -0.4 is 0 Å². The van der Waals surface area contributed by atoms with Crippen LogP contribution >= 0.6 is 0 Å². The van der Waals surface area contributed by atoms with Gasteiger partial charge < -0.3 is 0 Å². The van der Waals surface area contributed by atoms with E-state index in [0.717, 1.165) is 0 Å². The molecule has 0 N–H and O–H groups in total. The smallest absolute Gasteiger partial charge is 0.160 e. The van der Waals surface area contributed by atoms with Crippen molar-refractivity contribution in [3.63, 3.8) is 0 Å². The molecule has 4 heteroatoms. The van der Waals surface area contributed by atoms with Crippen LogP contribution in [0.1, 0.15) is 97.9 Å². The summed E-state index contributed by atoms with van der Waals surface area (Å²) in [6, 6.07) is 0. The van der Waals surface area contributed by atoms with Crippen molar-refractivity contribution in [1.82, 2.24) is 0 Å². The van der Waals surface area contributed by atoms with Crippen LogP contribution in [0.25, 0.3) is 0 Å². The van der Waals surface area contributed by atoms with Crippen molar-refractivity contribution in [2.45, 2.75) is 107 Å². The lowest BCUT2D eigenvalue weighted by molar-refractivity contribution is -0.134. The van der Waals surface area contributed by atoms with Gasteiger partial charge in [0.1, 0.15) is 5.78 Å². The number of carbonyl (C=O) groups excluding carboxylic acids is 1. The number of hydrogen-bond donors (Lipinski definition) is 0. The average molecular weight is 353 g/mol. The minimum atomic E-state index is -3.01. The Labute approximate surface area is 147 Å². The summed E-state index contributed by atoms with van der Waals surface area (Å²) in [5, 5.41) is 0. The van der Waals surface area contributed by atoms with Gasteiger partial charge in [-0.3, -0.25) is 4.79 Å². The number of carbonyl (C=O) groups is 1. The minimum Gasteiger partial charge on any atom is -0.299 e. The lowest BCUT2D eigenvalue weighted by Crippen LogP contribution is -2.41. The molecular weight excluding hydrogens is 308 g/mol. The fourth-order valence-electron chi connectivity index (χ4n) is 2.04. The van der Waals surface area contributed by atoms with E-state index in [1.54, 1.807) is 41.5 Å². The molecule has 0 bridgehead atoms. The summed E-state index contributed by atoms with van der Waals surface area (Å²) in [7, 11) is -3.01. The van der Waals surface area contributed by atoms with Crippen molar-refractivity contribution in [3.05, 3.63) is 0 Å². The molecule has 0 fully saturated rings. The first-order valence-electron chi connectivity index (χ1n) is 7.45. The molecule has 0 saturated heterocycles. The van der Waals surface area contributed by atoms with E-state index in [4.69, 9.17) is 0 Å². The van der Waals surface area contributed by atoms with Gasteiger partial charge in [0, 0.05) is 10.8 Å². The van der Waals surface area contributed by atoms with E-state index in [2.05, 4.69) is 0 Å². The number of ketones is 1. The van der Waals surface area contributed by atoms with E-state index in [1.165, 1.54) is 0 Å². The molecule has 0 aromatic carbocycles. The second kappa shape index (κ2) is 8.64. The summed E-state index contributed by atoms with van der Waals surface area (Å²) >= 11 is 0. The van der Waals surface area contributed by atoms with Crippen molar-refractivity contribution in [2.24, 2.45) is 10.8 Å². The number of Topliss-reactive ketones (excluding diaryl/α,β-unsaturated/α-hetero) is 1. The monoisotopic (exact) mass is 352 g/mol. The van der Waals surface area contributed by atoms with E-state index in [9.17, 15) is 13.2 Å². The molecule has 0 aromatic heterocycles. The Morgan fingerprint density at radius 3 is 0.739 bits per heavy atom. The molecule has 0 aliphatic heterocycles. The largest absolute Gasteiger partial charge is 0.299 e. The van der Waals surface area contributed by atoms with Crippen molar-refractivity contribution >= 4 is 15.6 Å². The third-order valence-electron chi connectivity index (χ3n) is 2.97. The Hall–Kier alpha value is -0.380. The quantitative estimate of drug-likeness (QED) is 0.544. The molecule has 0 radical (unpaired) electrons. The SMILES string of the molecule is C.C.CC(C)(C)C(=O)C(C)(C)C.CC(C)(C)S(=O)(=O)C(C)(C)C. The molecule has 3 nitrogen and oxygen atoms in total. The lowest BCUT2D eigenvalue weighted by atomic mass is 9.76. The molecule has 0 heterocycles.